The van der Waals surface area contributed by atoms with E-state index in [0.29, 0.717) is 6.42 Å². The van der Waals surface area contributed by atoms with Crippen molar-refractivity contribution in [1.29, 1.82) is 0 Å². The van der Waals surface area contributed by atoms with E-state index in [1.165, 1.54) is 9.13 Å². The van der Waals surface area contributed by atoms with Crippen LogP contribution < -0.4 is 5.43 Å². The maximum atomic E-state index is 12.0. The average molecular weight is 471 g/mol. The Bertz CT molecular complexity index is 990. The van der Waals surface area contributed by atoms with Crippen molar-refractivity contribution in [2.75, 3.05) is 0 Å². The lowest BCUT2D eigenvalue weighted by atomic mass is 10.1. The quantitative estimate of drug-likeness (QED) is 0.327. The summed E-state index contributed by atoms with van der Waals surface area (Å²) in [6.07, 6.45) is 2.03. The first-order valence-corrected chi connectivity index (χ1v) is 9.85. The molecule has 1 aromatic heterocycles. The van der Waals surface area contributed by atoms with Gasteiger partial charge in [0.25, 0.3) is 0 Å². The van der Waals surface area contributed by atoms with Gasteiger partial charge in [-0.1, -0.05) is 30.3 Å². The van der Waals surface area contributed by atoms with Crippen molar-refractivity contribution < 1.29 is 4.79 Å². The highest BCUT2D eigenvalue weighted by atomic mass is 127. The second kappa shape index (κ2) is 8.52. The van der Waals surface area contributed by atoms with Crippen molar-refractivity contribution in [3.05, 3.63) is 86.2 Å². The molecule has 3 rings (SSSR count). The predicted molar refractivity (Wildman–Crippen MR) is 119 cm³/mol. The smallest absolute Gasteiger partial charge is 0.244 e. The zero-order valence-corrected chi connectivity index (χ0v) is 17.8. The lowest BCUT2D eigenvalue weighted by Crippen LogP contribution is -2.19. The van der Waals surface area contributed by atoms with Crippen LogP contribution in [0.4, 0.5) is 0 Å². The Labute approximate surface area is 173 Å². The largest absolute Gasteiger partial charge is 0.318 e. The van der Waals surface area contributed by atoms with Crippen LogP contribution in [-0.2, 0) is 11.2 Å². The van der Waals surface area contributed by atoms with E-state index in [2.05, 4.69) is 82.7 Å². The van der Waals surface area contributed by atoms with Crippen LogP contribution in [-0.4, -0.2) is 16.7 Å². The van der Waals surface area contributed by atoms with Crippen molar-refractivity contribution in [3.8, 4) is 5.69 Å². The number of carbonyl (C=O) groups is 1. The van der Waals surface area contributed by atoms with Gasteiger partial charge in [0, 0.05) is 26.2 Å². The fraction of sp³-hybridized carbons (Fsp3) is 0.182. The summed E-state index contributed by atoms with van der Waals surface area (Å²) in [6, 6.07) is 18.2. The third-order valence-electron chi connectivity index (χ3n) is 4.47. The minimum absolute atomic E-state index is 0.125. The molecule has 0 saturated carbocycles. The van der Waals surface area contributed by atoms with Gasteiger partial charge in [-0.2, -0.15) is 5.10 Å². The summed E-state index contributed by atoms with van der Waals surface area (Å²) < 4.78 is 3.46. The summed E-state index contributed by atoms with van der Waals surface area (Å²) in [5.41, 5.74) is 9.18. The van der Waals surface area contributed by atoms with Crippen LogP contribution >= 0.6 is 22.6 Å². The van der Waals surface area contributed by atoms with E-state index in [0.717, 1.165) is 28.2 Å². The summed E-state index contributed by atoms with van der Waals surface area (Å²) in [6.45, 7) is 6.25. The number of hydrogen-bond acceptors (Lipinski definition) is 2. The number of carbonyl (C=O) groups excluding carboxylic acids is 1. The first-order valence-electron chi connectivity index (χ1n) is 8.77. The molecule has 138 valence electrons. The number of rotatable bonds is 5. The number of hydrogen-bond donors (Lipinski definition) is 1. The average Bonchev–Trinajstić information content (AvgIpc) is 2.92. The summed E-state index contributed by atoms with van der Waals surface area (Å²) >= 11 is 2.34. The molecule has 0 aliphatic carbocycles. The molecule has 0 saturated heterocycles. The monoisotopic (exact) mass is 471 g/mol. The van der Waals surface area contributed by atoms with Gasteiger partial charge in [0.05, 0.1) is 12.6 Å². The van der Waals surface area contributed by atoms with Crippen LogP contribution in [0.5, 0.6) is 0 Å². The molecule has 4 nitrogen and oxygen atoms in total. The van der Waals surface area contributed by atoms with Gasteiger partial charge in [-0.25, -0.2) is 5.43 Å². The van der Waals surface area contributed by atoms with Crippen LogP contribution in [0.3, 0.4) is 0 Å². The molecule has 2 aromatic carbocycles. The van der Waals surface area contributed by atoms with E-state index in [-0.39, 0.29) is 5.91 Å². The van der Waals surface area contributed by atoms with Crippen LogP contribution in [0, 0.1) is 24.3 Å². The highest BCUT2D eigenvalue weighted by molar-refractivity contribution is 14.1. The SMILES string of the molecule is Cc1cc(-n2c(C)cc(/C=N\NC(=O)Cc3ccccc3)c2C)ccc1I. The van der Waals surface area contributed by atoms with Gasteiger partial charge >= 0.3 is 0 Å². The van der Waals surface area contributed by atoms with E-state index < -0.39 is 0 Å². The van der Waals surface area contributed by atoms with Gasteiger partial charge in [-0.05, 0) is 78.8 Å². The number of hydrazone groups is 1. The minimum atomic E-state index is -0.125. The second-order valence-electron chi connectivity index (χ2n) is 6.55. The Morgan fingerprint density at radius 3 is 2.56 bits per heavy atom. The molecule has 0 aliphatic heterocycles. The van der Waals surface area contributed by atoms with E-state index >= 15 is 0 Å². The molecule has 5 heteroatoms. The van der Waals surface area contributed by atoms with Crippen LogP contribution in [0.25, 0.3) is 5.69 Å². The molecular weight excluding hydrogens is 449 g/mol. The lowest BCUT2D eigenvalue weighted by molar-refractivity contribution is -0.120. The summed E-state index contributed by atoms with van der Waals surface area (Å²) in [4.78, 5) is 12.0. The standard InChI is InChI=1S/C22H22IN3O/c1-15-11-20(9-10-21(15)23)26-16(2)12-19(17(26)3)14-24-25-22(27)13-18-7-5-4-6-8-18/h4-12,14H,13H2,1-3H3,(H,25,27)/b24-14-. The molecule has 0 aliphatic rings. The Balaban J connectivity index is 1.73. The molecule has 0 fully saturated rings. The molecule has 1 heterocycles. The van der Waals surface area contributed by atoms with E-state index in [1.807, 2.05) is 30.3 Å². The van der Waals surface area contributed by atoms with Crippen molar-refractivity contribution in [1.82, 2.24) is 9.99 Å². The summed E-state index contributed by atoms with van der Waals surface area (Å²) in [7, 11) is 0. The highest BCUT2D eigenvalue weighted by Crippen LogP contribution is 2.22. The topological polar surface area (TPSA) is 46.4 Å². The Morgan fingerprint density at radius 1 is 1.11 bits per heavy atom. The maximum absolute atomic E-state index is 12.0. The summed E-state index contributed by atoms with van der Waals surface area (Å²) in [5.74, 6) is -0.125. The maximum Gasteiger partial charge on any atom is 0.244 e. The molecule has 1 amide bonds. The molecule has 1 N–H and O–H groups in total. The normalized spacial score (nSPS) is 11.1. The van der Waals surface area contributed by atoms with E-state index in [1.54, 1.807) is 6.21 Å². The van der Waals surface area contributed by atoms with Gasteiger partial charge < -0.3 is 4.57 Å². The molecule has 0 spiro atoms. The molecule has 0 radical (unpaired) electrons. The number of nitrogens with zero attached hydrogens (tertiary/aromatic N) is 2. The Morgan fingerprint density at radius 2 is 1.85 bits per heavy atom. The van der Waals surface area contributed by atoms with Gasteiger partial charge in [0.15, 0.2) is 0 Å². The fourth-order valence-corrected chi connectivity index (χ4v) is 3.41. The Hall–Kier alpha value is -2.41. The number of halogens is 1. The first-order chi connectivity index (χ1) is 13.0. The summed E-state index contributed by atoms with van der Waals surface area (Å²) in [5, 5.41) is 4.14. The number of aryl methyl sites for hydroxylation is 2. The number of aromatic nitrogens is 1. The third kappa shape index (κ3) is 4.66. The van der Waals surface area contributed by atoms with Crippen molar-refractivity contribution in [2.45, 2.75) is 27.2 Å². The van der Waals surface area contributed by atoms with Gasteiger partial charge in [-0.3, -0.25) is 4.79 Å². The van der Waals surface area contributed by atoms with Crippen molar-refractivity contribution in [3.63, 3.8) is 0 Å². The molecule has 0 bridgehead atoms. The molecule has 0 unspecified atom stereocenters. The second-order valence-corrected chi connectivity index (χ2v) is 7.71. The van der Waals surface area contributed by atoms with Gasteiger partial charge in [0.1, 0.15) is 0 Å². The van der Waals surface area contributed by atoms with Crippen molar-refractivity contribution >= 4 is 34.7 Å². The molecule has 27 heavy (non-hydrogen) atoms. The third-order valence-corrected chi connectivity index (χ3v) is 5.68. The van der Waals surface area contributed by atoms with Crippen molar-refractivity contribution in [2.24, 2.45) is 5.10 Å². The Kier molecular flexibility index (Phi) is 6.11. The number of amides is 1. The highest BCUT2D eigenvalue weighted by Gasteiger charge is 2.10. The van der Waals surface area contributed by atoms with Gasteiger partial charge in [-0.15, -0.1) is 0 Å². The van der Waals surface area contributed by atoms with Crippen LogP contribution in [0.2, 0.25) is 0 Å². The zero-order chi connectivity index (χ0) is 19.4. The number of benzene rings is 2. The fourth-order valence-electron chi connectivity index (χ4n) is 3.08. The van der Waals surface area contributed by atoms with Crippen LogP contribution in [0.1, 0.15) is 28.1 Å². The zero-order valence-electron chi connectivity index (χ0n) is 15.7. The first kappa shape index (κ1) is 19.4. The number of nitrogens with one attached hydrogen (secondary N) is 1. The lowest BCUT2D eigenvalue weighted by Gasteiger charge is -2.11. The van der Waals surface area contributed by atoms with Crippen LogP contribution in [0.15, 0.2) is 59.7 Å². The van der Waals surface area contributed by atoms with E-state index in [4.69, 9.17) is 0 Å². The predicted octanol–water partition coefficient (Wildman–Crippen LogP) is 4.70. The molecule has 0 atom stereocenters. The van der Waals surface area contributed by atoms with Gasteiger partial charge in [0.2, 0.25) is 5.91 Å². The van der Waals surface area contributed by atoms with E-state index in [9.17, 15) is 4.79 Å². The molecule has 3 aromatic rings. The molecular formula is C22H22IN3O. The minimum Gasteiger partial charge on any atom is -0.318 e.